The van der Waals surface area contributed by atoms with Crippen LogP contribution in [0.1, 0.15) is 156 Å². The molecule has 0 unspecified atom stereocenters. The predicted octanol–water partition coefficient (Wildman–Crippen LogP) is 2.84. The van der Waals surface area contributed by atoms with Crippen LogP contribution >= 0.6 is 0 Å². The van der Waals surface area contributed by atoms with Gasteiger partial charge in [0.15, 0.2) is 46.0 Å². The highest BCUT2D eigenvalue weighted by Crippen LogP contribution is 2.44. The van der Waals surface area contributed by atoms with Gasteiger partial charge in [-0.2, -0.15) is 67.3 Å². The molecule has 0 fully saturated rings. The summed E-state index contributed by atoms with van der Waals surface area (Å²) in [6.45, 7) is 0.422. The van der Waals surface area contributed by atoms with Gasteiger partial charge in [0.05, 0.1) is 124 Å². The maximum absolute atomic E-state index is 14.0. The molecule has 0 aliphatic heterocycles. The van der Waals surface area contributed by atoms with Gasteiger partial charge in [-0.05, 0) is 132 Å². The molecule has 0 bridgehead atoms. The fourth-order valence-electron chi connectivity index (χ4n) is 11.8. The first-order valence-electron chi connectivity index (χ1n) is 42.1. The number of aryl methyl sites for hydroxylation is 3. The van der Waals surface area contributed by atoms with Crippen molar-refractivity contribution >= 4 is 105 Å². The van der Waals surface area contributed by atoms with Gasteiger partial charge in [-0.15, -0.1) is 15.3 Å². The molecule has 0 saturated heterocycles. The lowest BCUT2D eigenvalue weighted by molar-refractivity contribution is 0.0943. The lowest BCUT2D eigenvalue weighted by Gasteiger charge is -2.19. The SMILES string of the molecule is CCCNC(=O)c1cc(OCc2cn(CCCNC(=O)c3cc(OCCC)c(OCCCS(=O)(=O)O)c(OCCCS(=O)(=O)O)c3)nn2)c(OCc2cn(CCCNC(=O)c3cc(OCCCS(=O)(=O)O)c(OCCCS(=O)(=O)O)c(OCCCS(=O)(=O)O)c3)nn2)c(OCc2cn(CCCNC(=O)c3cc(OCCCS(=O)(=O)O)c(OCCCS(=O)(=O)O)c(OCCCS(=O)(=O)O)c3)nn2)c1. The second kappa shape index (κ2) is 54.4. The van der Waals surface area contributed by atoms with Crippen LogP contribution in [-0.4, -0.2) is 304 Å². The third kappa shape index (κ3) is 45.5. The van der Waals surface area contributed by atoms with Crippen LogP contribution in [0.4, 0.5) is 0 Å². The van der Waals surface area contributed by atoms with Gasteiger partial charge in [-0.1, -0.05) is 29.5 Å². The number of benzene rings is 4. The van der Waals surface area contributed by atoms with E-state index in [4.69, 9.17) is 56.8 Å². The van der Waals surface area contributed by atoms with E-state index >= 15 is 0 Å². The van der Waals surface area contributed by atoms with Crippen molar-refractivity contribution < 1.29 is 180 Å². The molecular weight excluding hydrogens is 1990 g/mol. The lowest BCUT2D eigenvalue weighted by Crippen LogP contribution is -2.25. The van der Waals surface area contributed by atoms with Crippen LogP contribution in [0.2, 0.25) is 0 Å². The summed E-state index contributed by atoms with van der Waals surface area (Å²) in [5.74, 6) is -10.2. The van der Waals surface area contributed by atoms with E-state index < -0.39 is 184 Å². The number of ether oxygens (including phenoxy) is 12. The molecule has 137 heavy (non-hydrogen) atoms. The van der Waals surface area contributed by atoms with Gasteiger partial charge in [0.25, 0.3) is 105 Å². The zero-order valence-electron chi connectivity index (χ0n) is 74.1. The zero-order chi connectivity index (χ0) is 101. The molecule has 766 valence electrons. The Hall–Kier alpha value is -10.9. The molecular formula is C76H109N13O40S8. The first kappa shape index (κ1) is 113. The molecule has 3 heterocycles. The molecule has 53 nitrogen and oxygen atoms in total. The van der Waals surface area contributed by atoms with Crippen LogP contribution in [0.5, 0.6) is 69.0 Å². The van der Waals surface area contributed by atoms with E-state index in [2.05, 4.69) is 52.2 Å². The van der Waals surface area contributed by atoms with E-state index in [1.807, 2.05) is 6.92 Å². The Morgan fingerprint density at radius 1 is 0.263 bits per heavy atom. The summed E-state index contributed by atoms with van der Waals surface area (Å²) in [6.07, 6.45) is 4.25. The Balaban J connectivity index is 1.11. The Kier molecular flexibility index (Phi) is 44.9. The van der Waals surface area contributed by atoms with Crippen molar-refractivity contribution in [2.45, 2.75) is 137 Å². The Morgan fingerprint density at radius 2 is 0.460 bits per heavy atom. The van der Waals surface area contributed by atoms with Crippen molar-refractivity contribution in [1.29, 1.82) is 0 Å². The molecule has 4 aromatic carbocycles. The molecule has 12 N–H and O–H groups in total. The quantitative estimate of drug-likeness (QED) is 0.0193. The van der Waals surface area contributed by atoms with Crippen LogP contribution < -0.4 is 78.1 Å². The molecule has 4 amide bonds. The van der Waals surface area contributed by atoms with E-state index in [9.17, 15) is 123 Å². The number of nitrogens with one attached hydrogen (secondary N) is 4. The Bertz CT molecular complexity index is 6010. The van der Waals surface area contributed by atoms with E-state index in [1.165, 1.54) is 75.0 Å². The highest BCUT2D eigenvalue weighted by Gasteiger charge is 2.28. The van der Waals surface area contributed by atoms with E-state index in [0.717, 1.165) is 0 Å². The molecule has 3 aromatic heterocycles. The van der Waals surface area contributed by atoms with Gasteiger partial charge < -0.3 is 78.1 Å². The average Bonchev–Trinajstić information content (AvgIpc) is 1.50. The number of hydrogen-bond donors (Lipinski definition) is 12. The summed E-state index contributed by atoms with van der Waals surface area (Å²) in [7, 11) is -35.4. The van der Waals surface area contributed by atoms with E-state index in [-0.39, 0.29) is 271 Å². The average molecular weight is 2100 g/mol. The third-order valence-corrected chi connectivity index (χ3v) is 24.4. The minimum Gasteiger partial charge on any atom is -0.490 e. The largest absolute Gasteiger partial charge is 0.490 e. The summed E-state index contributed by atoms with van der Waals surface area (Å²) in [5.41, 5.74) is 0.418. The third-order valence-electron chi connectivity index (χ3n) is 18.0. The highest BCUT2D eigenvalue weighted by molar-refractivity contribution is 7.87. The van der Waals surface area contributed by atoms with Gasteiger partial charge in [-0.25, -0.2) is 0 Å². The number of aromatic nitrogens is 9. The fraction of sp³-hybridized carbons (Fsp3) is 0.553. The molecule has 61 heteroatoms. The number of nitrogens with zero attached hydrogens (tertiary/aromatic N) is 9. The minimum atomic E-state index is -4.45. The Labute approximate surface area is 789 Å². The molecule has 0 radical (unpaired) electrons. The maximum atomic E-state index is 14.0. The molecule has 0 aliphatic carbocycles. The number of carbonyl (C=O) groups is 4. The molecule has 0 aliphatic rings. The first-order chi connectivity index (χ1) is 64.5. The van der Waals surface area contributed by atoms with Crippen molar-refractivity contribution in [2.24, 2.45) is 0 Å². The van der Waals surface area contributed by atoms with Gasteiger partial charge in [0.2, 0.25) is 23.0 Å². The van der Waals surface area contributed by atoms with Crippen LogP contribution in [-0.2, 0) is 120 Å². The summed E-state index contributed by atoms with van der Waals surface area (Å²) >= 11 is 0. The topological polar surface area (TPSA) is 754 Å². The highest BCUT2D eigenvalue weighted by atomic mass is 32.2. The summed E-state index contributed by atoms with van der Waals surface area (Å²) in [6, 6.07) is 10.2. The smallest absolute Gasteiger partial charge is 0.264 e. The van der Waals surface area contributed by atoms with Crippen molar-refractivity contribution in [2.75, 3.05) is 132 Å². The van der Waals surface area contributed by atoms with Crippen LogP contribution in [0.3, 0.4) is 0 Å². The monoisotopic (exact) mass is 2100 g/mol. The van der Waals surface area contributed by atoms with Gasteiger partial charge in [0, 0.05) is 68.1 Å². The molecule has 7 rings (SSSR count). The molecule has 0 atom stereocenters. The van der Waals surface area contributed by atoms with Gasteiger partial charge in [0.1, 0.15) is 36.9 Å². The summed E-state index contributed by atoms with van der Waals surface area (Å²) < 4.78 is 334. The number of amides is 4. The van der Waals surface area contributed by atoms with Crippen molar-refractivity contribution in [3.63, 3.8) is 0 Å². The zero-order valence-corrected chi connectivity index (χ0v) is 80.6. The van der Waals surface area contributed by atoms with E-state index in [0.29, 0.717) is 12.8 Å². The number of hydrogen-bond acceptors (Lipinski definition) is 38. The van der Waals surface area contributed by atoms with Crippen LogP contribution in [0.25, 0.3) is 0 Å². The molecule has 7 aromatic rings. The minimum absolute atomic E-state index is 0.0120. The lowest BCUT2D eigenvalue weighted by atomic mass is 10.1. The fourth-order valence-corrected chi connectivity index (χ4v) is 15.7. The van der Waals surface area contributed by atoms with E-state index in [1.54, 1.807) is 13.1 Å². The number of carbonyl (C=O) groups excluding carboxylic acids is 4. The first-order valence-corrected chi connectivity index (χ1v) is 55.0. The maximum Gasteiger partial charge on any atom is 0.264 e. The summed E-state index contributed by atoms with van der Waals surface area (Å²) in [5, 5.41) is 36.5. The predicted molar refractivity (Wildman–Crippen MR) is 480 cm³/mol. The normalized spacial score (nSPS) is 12.2. The van der Waals surface area contributed by atoms with Gasteiger partial charge >= 0.3 is 0 Å². The van der Waals surface area contributed by atoms with Crippen molar-refractivity contribution in [3.8, 4) is 69.0 Å². The van der Waals surface area contributed by atoms with Crippen LogP contribution in [0, 0.1) is 0 Å². The summed E-state index contributed by atoms with van der Waals surface area (Å²) in [4.78, 5) is 55.5. The Morgan fingerprint density at radius 3 is 0.679 bits per heavy atom. The van der Waals surface area contributed by atoms with Crippen molar-refractivity contribution in [3.05, 3.63) is 106 Å². The molecule has 0 saturated carbocycles. The van der Waals surface area contributed by atoms with Gasteiger partial charge in [-0.3, -0.25) is 69.6 Å². The molecule has 0 spiro atoms. The van der Waals surface area contributed by atoms with Crippen molar-refractivity contribution in [1.82, 2.24) is 66.2 Å². The number of rotatable bonds is 70. The van der Waals surface area contributed by atoms with Crippen LogP contribution in [0.15, 0.2) is 67.1 Å². The second-order valence-corrected chi connectivity index (χ2v) is 42.4. The second-order valence-electron chi connectivity index (χ2n) is 29.8. The standard InChI is InChI=1S/C76H109N13O40S8/c1-3-16-77-73(90)57-46-67(127-51-58-48-87(84-81-58)20-5-17-78-74(91)54-40-61(118-23-4-2)69(124-29-13-37-135(109,110)111)62(41-54)119-24-8-32-130(94,95)96)72(129-53-60-50-89(86-83-60)22-7-19-80-76(93)56-44-65(122-27-11-35-133(103,104)105)71(126-31-15-39-137(115,116)117)66(45-56)123-28-12-36-134(106,107)108)68(47-57)128-52-59-49-88(85-82-59)21-6-18-79-75(92)55-42-63(120-25-9-33-131(97,98)99)70(125-30-14-38-136(112,113)114)64(43-55)121-26-10-34-132(100,101)102/h40-50H,3-39,51-53H2,1-2H3,(H,77,90)(H,78,91)(H,79,92)(H,80,93)(H,94,95,96)(H,97,98,99)(H,100,101,102)(H,103,104,105)(H,106,107,108)(H,109,110,111)(H,112,113,114)(H,115,116,117).